The first-order valence-corrected chi connectivity index (χ1v) is 9.45. The van der Waals surface area contributed by atoms with Crippen LogP contribution in [0.5, 0.6) is 0 Å². The van der Waals surface area contributed by atoms with Crippen LogP contribution in [0, 0.1) is 5.92 Å². The number of nitrogen functional groups attached to an aromatic ring is 1. The molecule has 1 heterocycles. The van der Waals surface area contributed by atoms with Crippen molar-refractivity contribution in [3.63, 3.8) is 0 Å². The van der Waals surface area contributed by atoms with Crippen molar-refractivity contribution in [1.29, 1.82) is 0 Å². The van der Waals surface area contributed by atoms with Crippen molar-refractivity contribution in [1.82, 2.24) is 9.55 Å². The van der Waals surface area contributed by atoms with Crippen LogP contribution in [0.15, 0.2) is 9.59 Å². The molecular formula is C18H30N4O3. The molecule has 0 unspecified atom stereocenters. The number of anilines is 2. The van der Waals surface area contributed by atoms with Gasteiger partial charge in [0.25, 0.3) is 5.56 Å². The maximum absolute atomic E-state index is 13.1. The Morgan fingerprint density at radius 2 is 1.88 bits per heavy atom. The molecule has 0 bridgehead atoms. The molecule has 2 rings (SSSR count). The minimum absolute atomic E-state index is 0.0351. The van der Waals surface area contributed by atoms with E-state index in [1.54, 1.807) is 0 Å². The van der Waals surface area contributed by atoms with Gasteiger partial charge >= 0.3 is 5.69 Å². The number of unbranched alkanes of at least 4 members (excludes halogenated alkanes) is 1. The molecule has 3 N–H and O–H groups in total. The Labute approximate surface area is 148 Å². The quantitative estimate of drug-likeness (QED) is 0.787. The standard InChI is InChI=1S/C18H30N4O3/c1-3-5-12-21(17(24)13-9-7-6-8-10-13)14-15(19)22(11-4-2)18(25)20-16(14)23/h13H,3-12,19H2,1-2H3,(H,20,23,25). The van der Waals surface area contributed by atoms with E-state index in [0.29, 0.717) is 19.5 Å². The Bertz CT molecular complexity index is 701. The van der Waals surface area contributed by atoms with E-state index in [1.807, 2.05) is 13.8 Å². The van der Waals surface area contributed by atoms with Gasteiger partial charge in [0.15, 0.2) is 5.69 Å². The molecule has 1 amide bonds. The van der Waals surface area contributed by atoms with E-state index in [1.165, 1.54) is 9.47 Å². The summed E-state index contributed by atoms with van der Waals surface area (Å²) in [6.45, 7) is 4.82. The first-order valence-electron chi connectivity index (χ1n) is 9.45. The third kappa shape index (κ3) is 4.32. The van der Waals surface area contributed by atoms with Crippen LogP contribution in [-0.4, -0.2) is 22.0 Å². The molecule has 1 fully saturated rings. The summed E-state index contributed by atoms with van der Waals surface area (Å²) < 4.78 is 1.35. The van der Waals surface area contributed by atoms with Gasteiger partial charge in [-0.2, -0.15) is 0 Å². The molecule has 140 valence electrons. The molecule has 0 saturated heterocycles. The lowest BCUT2D eigenvalue weighted by Gasteiger charge is -2.30. The number of hydrogen-bond acceptors (Lipinski definition) is 4. The molecule has 1 aromatic heterocycles. The van der Waals surface area contributed by atoms with Gasteiger partial charge in [-0.25, -0.2) is 4.79 Å². The number of amides is 1. The topological polar surface area (TPSA) is 101 Å². The number of aromatic amines is 1. The molecule has 1 aliphatic carbocycles. The average molecular weight is 350 g/mol. The Hall–Kier alpha value is -2.05. The largest absolute Gasteiger partial charge is 0.383 e. The van der Waals surface area contributed by atoms with E-state index in [-0.39, 0.29) is 23.3 Å². The summed E-state index contributed by atoms with van der Waals surface area (Å²) >= 11 is 0. The predicted octanol–water partition coefficient (Wildman–Crippen LogP) is 2.24. The maximum Gasteiger partial charge on any atom is 0.330 e. The zero-order chi connectivity index (χ0) is 18.4. The number of rotatable bonds is 7. The number of H-pyrrole nitrogens is 1. The maximum atomic E-state index is 13.1. The monoisotopic (exact) mass is 350 g/mol. The number of nitrogens with two attached hydrogens (primary N) is 1. The van der Waals surface area contributed by atoms with E-state index in [9.17, 15) is 14.4 Å². The van der Waals surface area contributed by atoms with Gasteiger partial charge < -0.3 is 10.6 Å². The number of hydrogen-bond donors (Lipinski definition) is 2. The average Bonchev–Trinajstić information content (AvgIpc) is 2.61. The number of nitrogens with one attached hydrogen (secondary N) is 1. The third-order valence-electron chi connectivity index (χ3n) is 4.89. The van der Waals surface area contributed by atoms with Crippen molar-refractivity contribution in [2.75, 3.05) is 17.2 Å². The molecule has 1 aromatic rings. The minimum atomic E-state index is -0.574. The zero-order valence-corrected chi connectivity index (χ0v) is 15.3. The second-order valence-corrected chi connectivity index (χ2v) is 6.82. The lowest BCUT2D eigenvalue weighted by molar-refractivity contribution is -0.123. The smallest absolute Gasteiger partial charge is 0.330 e. The summed E-state index contributed by atoms with van der Waals surface area (Å²) in [4.78, 5) is 41.4. The predicted molar refractivity (Wildman–Crippen MR) is 99.9 cm³/mol. The van der Waals surface area contributed by atoms with Gasteiger partial charge in [0, 0.05) is 19.0 Å². The summed E-state index contributed by atoms with van der Waals surface area (Å²) in [6.07, 6.45) is 7.34. The summed E-state index contributed by atoms with van der Waals surface area (Å²) in [5, 5.41) is 0. The van der Waals surface area contributed by atoms with Gasteiger partial charge in [-0.3, -0.25) is 19.1 Å². The van der Waals surface area contributed by atoms with Gasteiger partial charge in [-0.1, -0.05) is 39.5 Å². The molecule has 1 aliphatic rings. The fourth-order valence-electron chi connectivity index (χ4n) is 3.50. The van der Waals surface area contributed by atoms with E-state index < -0.39 is 11.2 Å². The molecule has 0 spiro atoms. The van der Waals surface area contributed by atoms with Crippen molar-refractivity contribution in [3.8, 4) is 0 Å². The summed E-state index contributed by atoms with van der Waals surface area (Å²) in [5.74, 6) is -0.00105. The molecular weight excluding hydrogens is 320 g/mol. The van der Waals surface area contributed by atoms with Gasteiger partial charge in [-0.15, -0.1) is 0 Å². The van der Waals surface area contributed by atoms with E-state index in [4.69, 9.17) is 5.73 Å². The van der Waals surface area contributed by atoms with Gasteiger partial charge in [0.1, 0.15) is 5.82 Å². The van der Waals surface area contributed by atoms with Crippen LogP contribution in [0.3, 0.4) is 0 Å². The van der Waals surface area contributed by atoms with Crippen molar-refractivity contribution >= 4 is 17.4 Å². The molecule has 0 radical (unpaired) electrons. The van der Waals surface area contributed by atoms with Crippen molar-refractivity contribution in [3.05, 3.63) is 20.8 Å². The summed E-state index contributed by atoms with van der Waals surface area (Å²) in [7, 11) is 0. The van der Waals surface area contributed by atoms with Gasteiger partial charge in [0.2, 0.25) is 5.91 Å². The van der Waals surface area contributed by atoms with Crippen LogP contribution in [0.25, 0.3) is 0 Å². The van der Waals surface area contributed by atoms with Crippen LogP contribution < -0.4 is 21.9 Å². The molecule has 0 atom stereocenters. The highest BCUT2D eigenvalue weighted by molar-refractivity contribution is 5.97. The molecule has 0 aliphatic heterocycles. The van der Waals surface area contributed by atoms with Gasteiger partial charge in [-0.05, 0) is 25.7 Å². The Morgan fingerprint density at radius 3 is 2.48 bits per heavy atom. The van der Waals surface area contributed by atoms with Crippen molar-refractivity contribution < 1.29 is 4.79 Å². The highest BCUT2D eigenvalue weighted by atomic mass is 16.2. The Kier molecular flexibility index (Phi) is 6.84. The molecule has 7 nitrogen and oxygen atoms in total. The minimum Gasteiger partial charge on any atom is -0.383 e. The molecule has 1 saturated carbocycles. The van der Waals surface area contributed by atoms with E-state index in [2.05, 4.69) is 4.98 Å². The number of carbonyl (C=O) groups excluding carboxylic acids is 1. The van der Waals surface area contributed by atoms with Gasteiger partial charge in [0.05, 0.1) is 0 Å². The summed E-state index contributed by atoms with van der Waals surface area (Å²) in [5.41, 5.74) is 5.20. The first kappa shape index (κ1) is 19.3. The fourth-order valence-corrected chi connectivity index (χ4v) is 3.50. The van der Waals surface area contributed by atoms with E-state index >= 15 is 0 Å². The normalized spacial score (nSPS) is 15.3. The highest BCUT2D eigenvalue weighted by Crippen LogP contribution is 2.28. The number of carbonyl (C=O) groups is 1. The summed E-state index contributed by atoms with van der Waals surface area (Å²) in [6, 6.07) is 0. The SMILES string of the molecule is CCCCN(C(=O)C1CCCCC1)c1c(N)n(CCC)c(=O)[nH]c1=O. The second-order valence-electron chi connectivity index (χ2n) is 6.82. The Balaban J connectivity index is 2.46. The van der Waals surface area contributed by atoms with Crippen LogP contribution in [0.4, 0.5) is 11.5 Å². The third-order valence-corrected chi connectivity index (χ3v) is 4.89. The number of nitrogens with zero attached hydrogens (tertiary/aromatic N) is 2. The van der Waals surface area contributed by atoms with Crippen molar-refractivity contribution in [2.45, 2.75) is 71.8 Å². The van der Waals surface area contributed by atoms with Crippen LogP contribution in [0.1, 0.15) is 65.2 Å². The number of aromatic nitrogens is 2. The molecule has 7 heteroatoms. The fraction of sp³-hybridized carbons (Fsp3) is 0.722. The van der Waals surface area contributed by atoms with Crippen LogP contribution >= 0.6 is 0 Å². The zero-order valence-electron chi connectivity index (χ0n) is 15.3. The van der Waals surface area contributed by atoms with Crippen LogP contribution in [-0.2, 0) is 11.3 Å². The van der Waals surface area contributed by atoms with E-state index in [0.717, 1.165) is 44.9 Å². The lowest BCUT2D eigenvalue weighted by Crippen LogP contribution is -2.44. The van der Waals surface area contributed by atoms with Crippen LogP contribution in [0.2, 0.25) is 0 Å². The Morgan fingerprint density at radius 1 is 1.20 bits per heavy atom. The molecule has 25 heavy (non-hydrogen) atoms. The van der Waals surface area contributed by atoms with Crippen molar-refractivity contribution in [2.24, 2.45) is 5.92 Å². The lowest BCUT2D eigenvalue weighted by atomic mass is 9.88. The second kappa shape index (κ2) is 8.87. The molecule has 0 aromatic carbocycles. The first-order chi connectivity index (χ1) is 12.0. The highest BCUT2D eigenvalue weighted by Gasteiger charge is 2.30.